The molecule has 0 aliphatic rings. The van der Waals surface area contributed by atoms with Gasteiger partial charge in [-0.25, -0.2) is 0 Å². The molecule has 5 heteroatoms. The number of halogens is 1. The van der Waals surface area contributed by atoms with Crippen molar-refractivity contribution in [2.75, 3.05) is 5.32 Å². The number of nitrogens with one attached hydrogen (secondary N) is 1. The number of hydrogen-bond donors (Lipinski definition) is 1. The maximum absolute atomic E-state index is 8.89. The highest BCUT2D eigenvalue weighted by molar-refractivity contribution is 9.10. The van der Waals surface area contributed by atoms with E-state index in [1.165, 1.54) is 6.20 Å². The lowest BCUT2D eigenvalue weighted by molar-refractivity contribution is 0.994. The molecule has 0 unspecified atom stereocenters. The van der Waals surface area contributed by atoms with Gasteiger partial charge in [0.1, 0.15) is 6.07 Å². The summed E-state index contributed by atoms with van der Waals surface area (Å²) in [5, 5.41) is 19.6. The van der Waals surface area contributed by atoms with E-state index in [9.17, 15) is 0 Å². The van der Waals surface area contributed by atoms with Crippen LogP contribution in [0.15, 0.2) is 41.0 Å². The van der Waals surface area contributed by atoms with Gasteiger partial charge in [-0.05, 0) is 23.8 Å². The molecule has 0 saturated heterocycles. The van der Waals surface area contributed by atoms with Crippen LogP contribution in [-0.4, -0.2) is 10.2 Å². The highest BCUT2D eigenvalue weighted by atomic mass is 79.9. The molecule has 0 spiro atoms. The second-order valence-corrected chi connectivity index (χ2v) is 4.30. The Morgan fingerprint density at radius 3 is 3.00 bits per heavy atom. The molecule has 2 aromatic rings. The minimum absolute atomic E-state index is 0.495. The first-order chi connectivity index (χ1) is 8.29. The van der Waals surface area contributed by atoms with E-state index in [0.29, 0.717) is 17.9 Å². The van der Waals surface area contributed by atoms with Gasteiger partial charge in [-0.15, -0.1) is 5.10 Å². The molecule has 0 amide bonds. The molecular formula is C12H9BrN4. The van der Waals surface area contributed by atoms with Crippen molar-refractivity contribution in [2.24, 2.45) is 0 Å². The van der Waals surface area contributed by atoms with Gasteiger partial charge in [-0.2, -0.15) is 10.4 Å². The van der Waals surface area contributed by atoms with Crippen molar-refractivity contribution in [1.29, 1.82) is 5.26 Å². The number of hydrogen-bond acceptors (Lipinski definition) is 4. The Kier molecular flexibility index (Phi) is 3.68. The van der Waals surface area contributed by atoms with Crippen LogP contribution in [-0.2, 0) is 6.54 Å². The maximum Gasteiger partial charge on any atom is 0.166 e. The zero-order chi connectivity index (χ0) is 12.1. The molecule has 0 saturated carbocycles. The van der Waals surface area contributed by atoms with Gasteiger partial charge in [0.15, 0.2) is 5.82 Å². The van der Waals surface area contributed by atoms with Gasteiger partial charge in [0.25, 0.3) is 0 Å². The molecule has 1 aromatic carbocycles. The van der Waals surface area contributed by atoms with Crippen LogP contribution in [0, 0.1) is 11.3 Å². The van der Waals surface area contributed by atoms with Crippen LogP contribution in [0.4, 0.5) is 5.82 Å². The third-order valence-electron chi connectivity index (χ3n) is 2.19. The van der Waals surface area contributed by atoms with E-state index in [-0.39, 0.29) is 0 Å². The number of anilines is 1. The summed E-state index contributed by atoms with van der Waals surface area (Å²) in [6.45, 7) is 0.604. The lowest BCUT2D eigenvalue weighted by atomic mass is 10.2. The van der Waals surface area contributed by atoms with Crippen molar-refractivity contribution < 1.29 is 0 Å². The Morgan fingerprint density at radius 2 is 2.24 bits per heavy atom. The molecule has 17 heavy (non-hydrogen) atoms. The zero-order valence-electron chi connectivity index (χ0n) is 8.89. The molecule has 0 bridgehead atoms. The lowest BCUT2D eigenvalue weighted by Crippen LogP contribution is -2.04. The van der Waals surface area contributed by atoms with E-state index in [1.54, 1.807) is 6.07 Å². The summed E-state index contributed by atoms with van der Waals surface area (Å²) in [6, 6.07) is 11.6. The Balaban J connectivity index is 2.10. The minimum atomic E-state index is 0.495. The van der Waals surface area contributed by atoms with Crippen molar-refractivity contribution in [3.63, 3.8) is 0 Å². The smallest absolute Gasteiger partial charge is 0.166 e. The van der Waals surface area contributed by atoms with Gasteiger partial charge < -0.3 is 5.32 Å². The fourth-order valence-electron chi connectivity index (χ4n) is 1.39. The predicted octanol–water partition coefficient (Wildman–Crippen LogP) is 2.72. The summed E-state index contributed by atoms with van der Waals surface area (Å²) in [6.07, 6.45) is 1.50. The van der Waals surface area contributed by atoms with Gasteiger partial charge in [0.2, 0.25) is 0 Å². The third-order valence-corrected chi connectivity index (χ3v) is 2.68. The number of nitriles is 1. The quantitative estimate of drug-likeness (QED) is 0.943. The van der Waals surface area contributed by atoms with E-state index >= 15 is 0 Å². The topological polar surface area (TPSA) is 61.6 Å². The average molecular weight is 289 g/mol. The third kappa shape index (κ3) is 3.02. The molecule has 0 atom stereocenters. The fraction of sp³-hybridized carbons (Fsp3) is 0.0833. The van der Waals surface area contributed by atoms with Crippen LogP contribution in [0.25, 0.3) is 0 Å². The second-order valence-electron chi connectivity index (χ2n) is 3.39. The molecule has 0 fully saturated rings. The van der Waals surface area contributed by atoms with Crippen LogP contribution < -0.4 is 5.32 Å². The highest BCUT2D eigenvalue weighted by Crippen LogP contribution is 2.14. The second kappa shape index (κ2) is 5.41. The summed E-state index contributed by atoms with van der Waals surface area (Å²) in [4.78, 5) is 0. The highest BCUT2D eigenvalue weighted by Gasteiger charge is 2.02. The summed E-state index contributed by atoms with van der Waals surface area (Å²) in [5.74, 6) is 0.509. The van der Waals surface area contributed by atoms with Crippen LogP contribution in [0.5, 0.6) is 0 Å². The standard InChI is InChI=1S/C12H9BrN4/c13-11-3-1-2-9(6-11)8-15-12-10(7-14)4-5-16-17-12/h1-6H,8H2,(H,15,17). The fourth-order valence-corrected chi connectivity index (χ4v) is 1.83. The Morgan fingerprint density at radius 1 is 1.35 bits per heavy atom. The molecule has 84 valence electrons. The molecule has 0 aliphatic heterocycles. The van der Waals surface area contributed by atoms with Crippen LogP contribution >= 0.6 is 15.9 Å². The minimum Gasteiger partial charge on any atom is -0.363 e. The summed E-state index contributed by atoms with van der Waals surface area (Å²) in [5.41, 5.74) is 1.60. The van der Waals surface area contributed by atoms with Crippen molar-refractivity contribution >= 4 is 21.7 Å². The Labute approximate surface area is 107 Å². The van der Waals surface area contributed by atoms with E-state index < -0.39 is 0 Å². The van der Waals surface area contributed by atoms with Crippen molar-refractivity contribution in [3.05, 3.63) is 52.1 Å². The van der Waals surface area contributed by atoms with Gasteiger partial charge >= 0.3 is 0 Å². The molecule has 0 aliphatic carbocycles. The summed E-state index contributed by atoms with van der Waals surface area (Å²) in [7, 11) is 0. The normalized spacial score (nSPS) is 9.65. The monoisotopic (exact) mass is 288 g/mol. The van der Waals surface area contributed by atoms with Gasteiger partial charge in [0, 0.05) is 11.0 Å². The summed E-state index contributed by atoms with van der Waals surface area (Å²) < 4.78 is 1.02. The van der Waals surface area contributed by atoms with E-state index in [2.05, 4.69) is 37.5 Å². The first-order valence-electron chi connectivity index (χ1n) is 4.99. The first kappa shape index (κ1) is 11.6. The van der Waals surface area contributed by atoms with Crippen molar-refractivity contribution in [2.45, 2.75) is 6.54 Å². The SMILES string of the molecule is N#Cc1ccnnc1NCc1cccc(Br)c1. The average Bonchev–Trinajstić information content (AvgIpc) is 2.37. The first-order valence-corrected chi connectivity index (χ1v) is 5.79. The Hall–Kier alpha value is -1.93. The number of aromatic nitrogens is 2. The number of nitrogens with zero attached hydrogens (tertiary/aromatic N) is 3. The predicted molar refractivity (Wildman–Crippen MR) is 68.2 cm³/mol. The zero-order valence-corrected chi connectivity index (χ0v) is 10.5. The molecule has 0 radical (unpaired) electrons. The lowest BCUT2D eigenvalue weighted by Gasteiger charge is -2.06. The van der Waals surface area contributed by atoms with E-state index in [0.717, 1.165) is 10.0 Å². The van der Waals surface area contributed by atoms with Gasteiger partial charge in [-0.1, -0.05) is 28.1 Å². The largest absolute Gasteiger partial charge is 0.363 e. The van der Waals surface area contributed by atoms with Crippen molar-refractivity contribution in [1.82, 2.24) is 10.2 Å². The number of rotatable bonds is 3. The molecule has 1 aromatic heterocycles. The summed E-state index contributed by atoms with van der Waals surface area (Å²) >= 11 is 3.41. The van der Waals surface area contributed by atoms with Crippen LogP contribution in [0.3, 0.4) is 0 Å². The Bertz CT molecular complexity index is 562. The molecular weight excluding hydrogens is 280 g/mol. The van der Waals surface area contributed by atoms with Gasteiger partial charge in [-0.3, -0.25) is 0 Å². The van der Waals surface area contributed by atoms with Crippen molar-refractivity contribution in [3.8, 4) is 6.07 Å². The molecule has 4 nitrogen and oxygen atoms in total. The van der Waals surface area contributed by atoms with Crippen LogP contribution in [0.1, 0.15) is 11.1 Å². The van der Waals surface area contributed by atoms with Crippen LogP contribution in [0.2, 0.25) is 0 Å². The van der Waals surface area contributed by atoms with E-state index in [1.807, 2.05) is 24.3 Å². The maximum atomic E-state index is 8.89. The van der Waals surface area contributed by atoms with E-state index in [4.69, 9.17) is 5.26 Å². The molecule has 2 rings (SSSR count). The molecule has 1 N–H and O–H groups in total. The molecule has 1 heterocycles. The van der Waals surface area contributed by atoms with Gasteiger partial charge in [0.05, 0.1) is 11.8 Å². The number of benzene rings is 1.